The number of likely N-dealkylation sites (N-methyl/N-ethyl adjacent to an activating group) is 1. The van der Waals surface area contributed by atoms with Gasteiger partial charge in [0.1, 0.15) is 0 Å². The van der Waals surface area contributed by atoms with Gasteiger partial charge in [0.2, 0.25) is 0 Å². The van der Waals surface area contributed by atoms with Crippen LogP contribution in [0.5, 0.6) is 0 Å². The third kappa shape index (κ3) is 4.92. The molecule has 1 aliphatic heterocycles. The number of piperidine rings is 1. The van der Waals surface area contributed by atoms with E-state index < -0.39 is 0 Å². The predicted octanol–water partition coefficient (Wildman–Crippen LogP) is 3.83. The van der Waals surface area contributed by atoms with Crippen molar-refractivity contribution in [2.24, 2.45) is 0 Å². The molecule has 0 bridgehead atoms. The lowest BCUT2D eigenvalue weighted by Crippen LogP contribution is -2.43. The second-order valence-electron chi connectivity index (χ2n) is 6.71. The Labute approximate surface area is 140 Å². The topological polar surface area (TPSA) is 6.48 Å². The van der Waals surface area contributed by atoms with Gasteiger partial charge in [-0.3, -0.25) is 4.90 Å². The number of likely N-dealkylation sites (tertiary alicyclic amines) is 1. The highest BCUT2D eigenvalue weighted by molar-refractivity contribution is 5.15. The lowest BCUT2D eigenvalue weighted by molar-refractivity contribution is 0.124. The Balaban J connectivity index is 1.41. The van der Waals surface area contributed by atoms with E-state index in [1.807, 2.05) is 0 Å². The summed E-state index contributed by atoms with van der Waals surface area (Å²) in [5.74, 6) is 0. The summed E-state index contributed by atoms with van der Waals surface area (Å²) in [6.07, 6.45) is 3.73. The maximum atomic E-state index is 2.59. The molecule has 1 heterocycles. The van der Waals surface area contributed by atoms with E-state index in [9.17, 15) is 0 Å². The van der Waals surface area contributed by atoms with Crippen LogP contribution < -0.4 is 0 Å². The molecule has 0 spiro atoms. The molecule has 2 aromatic carbocycles. The van der Waals surface area contributed by atoms with Gasteiger partial charge in [-0.1, -0.05) is 60.7 Å². The second kappa shape index (κ2) is 8.28. The Morgan fingerprint density at radius 1 is 0.870 bits per heavy atom. The third-order valence-electron chi connectivity index (χ3n) is 5.03. The largest absolute Gasteiger partial charge is 0.303 e. The minimum Gasteiger partial charge on any atom is -0.303 e. The Morgan fingerprint density at radius 3 is 2.04 bits per heavy atom. The van der Waals surface area contributed by atoms with Gasteiger partial charge in [0.25, 0.3) is 0 Å². The molecular weight excluding hydrogens is 280 g/mol. The van der Waals surface area contributed by atoms with E-state index in [2.05, 4.69) is 77.5 Å². The first-order valence-electron chi connectivity index (χ1n) is 8.82. The molecule has 2 heteroatoms. The number of hydrogen-bond acceptors (Lipinski definition) is 2. The van der Waals surface area contributed by atoms with Crippen LogP contribution in [0.1, 0.15) is 24.0 Å². The average molecular weight is 308 g/mol. The number of hydrogen-bond donors (Lipinski definition) is 0. The molecule has 1 fully saturated rings. The number of benzene rings is 2. The first-order valence-corrected chi connectivity index (χ1v) is 8.82. The minimum atomic E-state index is 0.741. The van der Waals surface area contributed by atoms with Gasteiger partial charge < -0.3 is 4.90 Å². The highest BCUT2D eigenvalue weighted by Crippen LogP contribution is 2.18. The van der Waals surface area contributed by atoms with Gasteiger partial charge in [0.15, 0.2) is 0 Å². The van der Waals surface area contributed by atoms with Crippen LogP contribution >= 0.6 is 0 Å². The summed E-state index contributed by atoms with van der Waals surface area (Å²) in [7, 11) is 2.29. The molecule has 0 atom stereocenters. The van der Waals surface area contributed by atoms with Crippen molar-refractivity contribution in [1.82, 2.24) is 9.80 Å². The highest BCUT2D eigenvalue weighted by Gasteiger charge is 2.22. The molecular formula is C21H28N2. The van der Waals surface area contributed by atoms with Crippen LogP contribution in [0.2, 0.25) is 0 Å². The molecule has 0 amide bonds. The van der Waals surface area contributed by atoms with Gasteiger partial charge in [-0.15, -0.1) is 0 Å². The van der Waals surface area contributed by atoms with Crippen molar-refractivity contribution in [3.63, 3.8) is 0 Å². The first-order chi connectivity index (χ1) is 11.3. The van der Waals surface area contributed by atoms with Gasteiger partial charge in [0, 0.05) is 19.1 Å². The molecule has 1 aliphatic rings. The molecule has 122 valence electrons. The quantitative estimate of drug-likeness (QED) is 0.800. The smallest absolute Gasteiger partial charge is 0.0233 e. The van der Waals surface area contributed by atoms with Crippen molar-refractivity contribution in [1.29, 1.82) is 0 Å². The summed E-state index contributed by atoms with van der Waals surface area (Å²) < 4.78 is 0. The second-order valence-corrected chi connectivity index (χ2v) is 6.71. The van der Waals surface area contributed by atoms with Crippen molar-refractivity contribution in [2.45, 2.75) is 31.8 Å². The zero-order valence-electron chi connectivity index (χ0n) is 14.2. The van der Waals surface area contributed by atoms with Gasteiger partial charge in [0.05, 0.1) is 0 Å². The fourth-order valence-corrected chi connectivity index (χ4v) is 3.49. The Morgan fingerprint density at radius 2 is 1.43 bits per heavy atom. The van der Waals surface area contributed by atoms with Gasteiger partial charge in [-0.05, 0) is 50.5 Å². The lowest BCUT2D eigenvalue weighted by atomic mass is 10.0. The monoisotopic (exact) mass is 308 g/mol. The molecule has 2 aromatic rings. The molecule has 0 aliphatic carbocycles. The highest BCUT2D eigenvalue weighted by atomic mass is 15.2. The molecule has 0 N–H and O–H groups in total. The first kappa shape index (κ1) is 16.2. The van der Waals surface area contributed by atoms with Crippen molar-refractivity contribution in [3.8, 4) is 0 Å². The number of nitrogens with zero attached hydrogens (tertiary/aromatic N) is 2. The van der Waals surface area contributed by atoms with E-state index in [1.165, 1.54) is 37.1 Å². The Kier molecular flexibility index (Phi) is 5.84. The van der Waals surface area contributed by atoms with Crippen LogP contribution in [-0.2, 0) is 13.0 Å². The van der Waals surface area contributed by atoms with Crippen LogP contribution in [-0.4, -0.2) is 42.5 Å². The van der Waals surface area contributed by atoms with Crippen LogP contribution in [0.3, 0.4) is 0 Å². The Bertz CT molecular complexity index is 559. The van der Waals surface area contributed by atoms with Gasteiger partial charge in [-0.2, -0.15) is 0 Å². The summed E-state index contributed by atoms with van der Waals surface area (Å²) >= 11 is 0. The summed E-state index contributed by atoms with van der Waals surface area (Å²) in [5.41, 5.74) is 2.88. The molecule has 23 heavy (non-hydrogen) atoms. The summed E-state index contributed by atoms with van der Waals surface area (Å²) in [6, 6.07) is 22.4. The van der Waals surface area contributed by atoms with Gasteiger partial charge in [-0.25, -0.2) is 0 Å². The normalized spacial score (nSPS) is 16.8. The third-order valence-corrected chi connectivity index (χ3v) is 5.03. The molecule has 0 radical (unpaired) electrons. The van der Waals surface area contributed by atoms with E-state index in [-0.39, 0.29) is 0 Å². The van der Waals surface area contributed by atoms with Crippen molar-refractivity contribution in [2.75, 3.05) is 26.7 Å². The van der Waals surface area contributed by atoms with Crippen molar-refractivity contribution < 1.29 is 0 Å². The van der Waals surface area contributed by atoms with Crippen LogP contribution in [0.4, 0.5) is 0 Å². The summed E-state index contributed by atoms with van der Waals surface area (Å²) in [4.78, 5) is 5.16. The molecule has 1 saturated heterocycles. The average Bonchev–Trinajstić information content (AvgIpc) is 2.62. The lowest BCUT2D eigenvalue weighted by Gasteiger charge is -2.36. The molecule has 0 aromatic heterocycles. The van der Waals surface area contributed by atoms with E-state index in [0.29, 0.717) is 0 Å². The van der Waals surface area contributed by atoms with Crippen LogP contribution in [0.15, 0.2) is 60.7 Å². The summed E-state index contributed by atoms with van der Waals surface area (Å²) in [5, 5.41) is 0. The fourth-order valence-electron chi connectivity index (χ4n) is 3.49. The number of rotatable bonds is 6. The fraction of sp³-hybridized carbons (Fsp3) is 0.429. The van der Waals surface area contributed by atoms with Crippen molar-refractivity contribution >= 4 is 0 Å². The summed E-state index contributed by atoms with van der Waals surface area (Å²) in [6.45, 7) is 4.69. The van der Waals surface area contributed by atoms with Gasteiger partial charge >= 0.3 is 0 Å². The maximum absolute atomic E-state index is 2.59. The minimum absolute atomic E-state index is 0.741. The molecule has 0 saturated carbocycles. The van der Waals surface area contributed by atoms with E-state index >= 15 is 0 Å². The molecule has 3 rings (SSSR count). The Hall–Kier alpha value is -1.64. The van der Waals surface area contributed by atoms with Crippen LogP contribution in [0.25, 0.3) is 0 Å². The van der Waals surface area contributed by atoms with Crippen LogP contribution in [0, 0.1) is 0 Å². The zero-order chi connectivity index (χ0) is 15.9. The SMILES string of the molecule is CN(CCc1ccccc1)C1CCN(Cc2ccccc2)CC1. The zero-order valence-corrected chi connectivity index (χ0v) is 14.2. The molecule has 2 nitrogen and oxygen atoms in total. The molecule has 0 unspecified atom stereocenters. The van der Waals surface area contributed by atoms with E-state index in [0.717, 1.165) is 25.6 Å². The van der Waals surface area contributed by atoms with E-state index in [4.69, 9.17) is 0 Å². The standard InChI is InChI=1S/C21H28N2/c1-22(15-12-19-8-4-2-5-9-19)21-13-16-23(17-14-21)18-20-10-6-3-7-11-20/h2-11,21H,12-18H2,1H3. The van der Waals surface area contributed by atoms with Crippen molar-refractivity contribution in [3.05, 3.63) is 71.8 Å². The maximum Gasteiger partial charge on any atom is 0.0233 e. The predicted molar refractivity (Wildman–Crippen MR) is 97.5 cm³/mol. The van der Waals surface area contributed by atoms with E-state index in [1.54, 1.807) is 0 Å².